The van der Waals surface area contributed by atoms with Gasteiger partial charge in [0.05, 0.1) is 12.1 Å². The molecule has 0 radical (unpaired) electrons. The van der Waals surface area contributed by atoms with Crippen LogP contribution in [0, 0.1) is 6.92 Å². The summed E-state index contributed by atoms with van der Waals surface area (Å²) in [5, 5.41) is 0. The highest BCUT2D eigenvalue weighted by atomic mass is 32.1. The second-order valence-corrected chi connectivity index (χ2v) is 8.06. The summed E-state index contributed by atoms with van der Waals surface area (Å²) in [7, 11) is 1.71. The zero-order valence-corrected chi connectivity index (χ0v) is 17.0. The monoisotopic (exact) mass is 386 g/mol. The van der Waals surface area contributed by atoms with Gasteiger partial charge >= 0.3 is 0 Å². The van der Waals surface area contributed by atoms with Gasteiger partial charge in [-0.05, 0) is 77.9 Å². The van der Waals surface area contributed by atoms with Crippen LogP contribution < -0.4 is 9.64 Å². The number of methoxy groups -OCH3 is 1. The fraction of sp³-hybridized carbons (Fsp3) is 0.250. The molecule has 1 aromatic heterocycles. The molecule has 2 aliphatic heterocycles. The lowest BCUT2D eigenvalue weighted by Crippen LogP contribution is -2.31. The van der Waals surface area contributed by atoms with Crippen molar-refractivity contribution in [3.63, 3.8) is 0 Å². The van der Waals surface area contributed by atoms with Crippen molar-refractivity contribution >= 4 is 22.9 Å². The zero-order chi connectivity index (χ0) is 19.3. The molecule has 3 heterocycles. The van der Waals surface area contributed by atoms with Crippen LogP contribution in [0.2, 0.25) is 0 Å². The number of aryl methyl sites for hydroxylation is 2. The number of thiocarbonyl (C=S) groups is 1. The Morgan fingerprint density at radius 2 is 1.64 bits per heavy atom. The third-order valence-electron chi connectivity index (χ3n) is 5.85. The van der Waals surface area contributed by atoms with Gasteiger partial charge in [0.1, 0.15) is 5.75 Å². The standard InChI is InChI=1S/C24H22N2OS/c1-15-9-16(3-5-22(15)27-2)20-12-21(14-25-13-20)19-10-17-4-6-23(28)26-8-7-18(11-19)24(17)26/h3,5,9-14H,4,6-8H2,1-2H3. The number of benzene rings is 2. The highest BCUT2D eigenvalue weighted by Crippen LogP contribution is 2.40. The zero-order valence-electron chi connectivity index (χ0n) is 16.2. The van der Waals surface area contributed by atoms with Gasteiger partial charge in [0.2, 0.25) is 0 Å². The predicted molar refractivity (Wildman–Crippen MR) is 118 cm³/mol. The summed E-state index contributed by atoms with van der Waals surface area (Å²) in [5.74, 6) is 0.910. The van der Waals surface area contributed by atoms with E-state index in [1.807, 2.05) is 18.5 Å². The molecule has 0 saturated heterocycles. The third kappa shape index (κ3) is 2.80. The van der Waals surface area contributed by atoms with Gasteiger partial charge in [-0.15, -0.1) is 0 Å². The molecule has 0 spiro atoms. The molecule has 28 heavy (non-hydrogen) atoms. The van der Waals surface area contributed by atoms with Crippen molar-refractivity contribution in [2.45, 2.75) is 26.2 Å². The molecule has 0 atom stereocenters. The van der Waals surface area contributed by atoms with E-state index in [1.54, 1.807) is 7.11 Å². The summed E-state index contributed by atoms with van der Waals surface area (Å²) in [4.78, 5) is 7.97. The van der Waals surface area contributed by atoms with Crippen molar-refractivity contribution in [1.82, 2.24) is 4.98 Å². The predicted octanol–water partition coefficient (Wildman–Crippen LogP) is 5.37. The van der Waals surface area contributed by atoms with Crippen LogP contribution in [0.15, 0.2) is 48.8 Å². The molecule has 0 N–H and O–H groups in total. The van der Waals surface area contributed by atoms with Crippen LogP contribution in [0.4, 0.5) is 5.69 Å². The van der Waals surface area contributed by atoms with E-state index in [1.165, 1.54) is 22.4 Å². The molecular formula is C24H22N2OS. The maximum absolute atomic E-state index is 5.57. The first-order chi connectivity index (χ1) is 13.6. The fourth-order valence-electron chi connectivity index (χ4n) is 4.44. The van der Waals surface area contributed by atoms with Gasteiger partial charge in [-0.2, -0.15) is 0 Å². The molecule has 0 unspecified atom stereocenters. The summed E-state index contributed by atoms with van der Waals surface area (Å²) in [5.41, 5.74) is 10.0. The van der Waals surface area contributed by atoms with Crippen LogP contribution in [0.3, 0.4) is 0 Å². The number of rotatable bonds is 3. The number of aromatic nitrogens is 1. The Balaban J connectivity index is 1.56. The third-order valence-corrected chi connectivity index (χ3v) is 6.28. The maximum atomic E-state index is 5.57. The van der Waals surface area contributed by atoms with E-state index in [9.17, 15) is 0 Å². The van der Waals surface area contributed by atoms with E-state index < -0.39 is 0 Å². The minimum absolute atomic E-state index is 0.910. The van der Waals surface area contributed by atoms with E-state index in [4.69, 9.17) is 17.0 Å². The summed E-state index contributed by atoms with van der Waals surface area (Å²) in [6, 6.07) is 13.2. The summed E-state index contributed by atoms with van der Waals surface area (Å²) >= 11 is 5.57. The number of hydrogen-bond acceptors (Lipinski definition) is 3. The van der Waals surface area contributed by atoms with Crippen LogP contribution in [0.5, 0.6) is 5.75 Å². The molecular weight excluding hydrogens is 364 g/mol. The lowest BCUT2D eigenvalue weighted by Gasteiger charge is -2.28. The molecule has 3 aromatic rings. The van der Waals surface area contributed by atoms with E-state index in [0.29, 0.717) is 0 Å². The maximum Gasteiger partial charge on any atom is 0.121 e. The number of hydrogen-bond donors (Lipinski definition) is 0. The minimum atomic E-state index is 0.910. The Morgan fingerprint density at radius 3 is 2.39 bits per heavy atom. The molecule has 2 aliphatic rings. The van der Waals surface area contributed by atoms with Crippen molar-refractivity contribution < 1.29 is 4.74 Å². The first-order valence-electron chi connectivity index (χ1n) is 9.70. The molecule has 0 aliphatic carbocycles. The fourth-order valence-corrected chi connectivity index (χ4v) is 4.72. The largest absolute Gasteiger partial charge is 0.496 e. The van der Waals surface area contributed by atoms with Gasteiger partial charge < -0.3 is 9.64 Å². The molecule has 0 fully saturated rings. The summed E-state index contributed by atoms with van der Waals surface area (Å²) < 4.78 is 5.39. The Morgan fingerprint density at radius 1 is 0.893 bits per heavy atom. The molecule has 2 aromatic carbocycles. The van der Waals surface area contributed by atoms with Crippen LogP contribution >= 0.6 is 12.2 Å². The van der Waals surface area contributed by atoms with Gasteiger partial charge in [-0.3, -0.25) is 4.98 Å². The highest BCUT2D eigenvalue weighted by Gasteiger charge is 2.29. The van der Waals surface area contributed by atoms with Gasteiger partial charge in [-0.1, -0.05) is 18.3 Å². The SMILES string of the molecule is COc1ccc(-c2cncc(-c3cc4c5c(c3)CCN5C(=S)CC4)c2)cc1C. The smallest absolute Gasteiger partial charge is 0.121 e. The molecule has 3 nitrogen and oxygen atoms in total. The molecule has 0 amide bonds. The topological polar surface area (TPSA) is 25.4 Å². The molecule has 140 valence electrons. The number of pyridine rings is 1. The average molecular weight is 387 g/mol. The van der Waals surface area contributed by atoms with E-state index >= 15 is 0 Å². The summed E-state index contributed by atoms with van der Waals surface area (Å²) in [6.45, 7) is 3.09. The number of anilines is 1. The number of ether oxygens (including phenoxy) is 1. The van der Waals surface area contributed by atoms with Gasteiger partial charge in [0.25, 0.3) is 0 Å². The van der Waals surface area contributed by atoms with Gasteiger partial charge in [-0.25, -0.2) is 0 Å². The normalized spacial score (nSPS) is 14.9. The minimum Gasteiger partial charge on any atom is -0.496 e. The van der Waals surface area contributed by atoms with Crippen molar-refractivity contribution in [3.8, 4) is 28.0 Å². The molecule has 0 bridgehead atoms. The average Bonchev–Trinajstić information content (AvgIpc) is 3.16. The Kier molecular flexibility index (Phi) is 4.17. The second kappa shape index (κ2) is 6.71. The van der Waals surface area contributed by atoms with Crippen molar-refractivity contribution in [3.05, 3.63) is 65.5 Å². The van der Waals surface area contributed by atoms with Crippen molar-refractivity contribution in [1.29, 1.82) is 0 Å². The lowest BCUT2D eigenvalue weighted by atomic mass is 9.93. The van der Waals surface area contributed by atoms with Crippen molar-refractivity contribution in [2.75, 3.05) is 18.6 Å². The Hall–Kier alpha value is -2.72. The van der Waals surface area contributed by atoms with Crippen LogP contribution in [-0.4, -0.2) is 23.6 Å². The van der Waals surface area contributed by atoms with Gasteiger partial charge in [0, 0.05) is 42.2 Å². The molecule has 0 saturated carbocycles. The molecule has 4 heteroatoms. The summed E-state index contributed by atoms with van der Waals surface area (Å²) in [6.07, 6.45) is 6.99. The van der Waals surface area contributed by atoms with E-state index in [-0.39, 0.29) is 0 Å². The van der Waals surface area contributed by atoms with E-state index in [2.05, 4.69) is 47.1 Å². The quantitative estimate of drug-likeness (QED) is 0.565. The molecule has 5 rings (SSSR count). The van der Waals surface area contributed by atoms with Crippen molar-refractivity contribution in [2.24, 2.45) is 0 Å². The van der Waals surface area contributed by atoms with Crippen LogP contribution in [0.1, 0.15) is 23.1 Å². The number of nitrogens with zero attached hydrogens (tertiary/aromatic N) is 2. The van der Waals surface area contributed by atoms with Gasteiger partial charge in [0.15, 0.2) is 0 Å². The first kappa shape index (κ1) is 17.4. The Bertz CT molecular complexity index is 1110. The highest BCUT2D eigenvalue weighted by molar-refractivity contribution is 7.80. The Labute approximate surface area is 171 Å². The van der Waals surface area contributed by atoms with Crippen LogP contribution in [-0.2, 0) is 12.8 Å². The van der Waals surface area contributed by atoms with E-state index in [0.717, 1.165) is 58.8 Å². The van der Waals surface area contributed by atoms with Crippen LogP contribution in [0.25, 0.3) is 22.3 Å². The lowest BCUT2D eigenvalue weighted by molar-refractivity contribution is 0.412. The second-order valence-electron chi connectivity index (χ2n) is 7.59. The first-order valence-corrected chi connectivity index (χ1v) is 10.1.